The molecule has 6 N–H and O–H groups in total. The van der Waals surface area contributed by atoms with Crippen molar-refractivity contribution in [3.8, 4) is 11.5 Å². The van der Waals surface area contributed by atoms with Gasteiger partial charge in [-0.25, -0.2) is 35.9 Å². The molecule has 0 heterocycles. The zero-order valence-corrected chi connectivity index (χ0v) is 20.4. The number of nitrogens with one attached hydrogen (secondary N) is 4. The highest BCUT2D eigenvalue weighted by Crippen LogP contribution is 2.16. The van der Waals surface area contributed by atoms with Crippen LogP contribution >= 0.6 is 0 Å². The normalized spacial score (nSPS) is 11.4. The number of sulfonamides is 2. The molecule has 0 saturated heterocycles. The van der Waals surface area contributed by atoms with E-state index in [1.54, 1.807) is 0 Å². The average Bonchev–Trinajstić information content (AvgIpc) is 2.77. The highest BCUT2D eigenvalue weighted by molar-refractivity contribution is 7.90. The monoisotopic (exact) mass is 528 g/mol. The van der Waals surface area contributed by atoms with Crippen LogP contribution in [0.3, 0.4) is 0 Å². The van der Waals surface area contributed by atoms with Gasteiger partial charge in [-0.3, -0.25) is 0 Å². The van der Waals surface area contributed by atoms with Gasteiger partial charge in [0.05, 0.1) is 9.79 Å². The fourth-order valence-electron chi connectivity index (χ4n) is 2.92. The van der Waals surface area contributed by atoms with E-state index in [4.69, 9.17) is 0 Å². The number of hydrogen-bond acceptors (Lipinski definition) is 8. The first-order valence-electron chi connectivity index (χ1n) is 10.7. The molecule has 0 aliphatic rings. The van der Waals surface area contributed by atoms with E-state index in [-0.39, 0.29) is 34.4 Å². The Morgan fingerprint density at radius 2 is 1.00 bits per heavy atom. The maximum atomic E-state index is 12.1. The molecule has 0 atom stereocenters. The van der Waals surface area contributed by atoms with Crippen LogP contribution in [0.15, 0.2) is 58.3 Å². The second kappa shape index (κ2) is 12.8. The molecule has 0 spiro atoms. The highest BCUT2D eigenvalue weighted by atomic mass is 32.2. The smallest absolute Gasteiger partial charge is 0.328 e. The van der Waals surface area contributed by atoms with Gasteiger partial charge in [0.2, 0.25) is 0 Å². The molecule has 0 fully saturated rings. The maximum Gasteiger partial charge on any atom is 0.328 e. The van der Waals surface area contributed by atoms with Gasteiger partial charge in [0, 0.05) is 25.2 Å². The van der Waals surface area contributed by atoms with Gasteiger partial charge in [-0.2, -0.15) is 0 Å². The molecular weight excluding hydrogens is 500 g/mol. The van der Waals surface area contributed by atoms with Crippen molar-refractivity contribution in [2.24, 2.45) is 0 Å². The van der Waals surface area contributed by atoms with Crippen molar-refractivity contribution >= 4 is 32.1 Å². The number of rotatable bonds is 12. The summed E-state index contributed by atoms with van der Waals surface area (Å²) in [5.41, 5.74) is 0. The fourth-order valence-corrected chi connectivity index (χ4v) is 4.86. The molecule has 192 valence electrons. The van der Waals surface area contributed by atoms with Gasteiger partial charge in [0.1, 0.15) is 11.5 Å². The van der Waals surface area contributed by atoms with Crippen LogP contribution in [0.1, 0.15) is 32.1 Å². The van der Waals surface area contributed by atoms with Crippen LogP contribution in [0, 0.1) is 0 Å². The Morgan fingerprint density at radius 1 is 0.629 bits per heavy atom. The Hall–Kier alpha value is -3.52. The Bertz CT molecular complexity index is 1140. The lowest BCUT2D eigenvalue weighted by Crippen LogP contribution is -2.39. The second-order valence-electron chi connectivity index (χ2n) is 7.49. The number of amides is 4. The number of phenolic OH excluding ortho intramolecular Hbond substituents is 2. The molecule has 0 bridgehead atoms. The Kier molecular flexibility index (Phi) is 10.1. The van der Waals surface area contributed by atoms with Crippen molar-refractivity contribution in [2.75, 3.05) is 13.1 Å². The van der Waals surface area contributed by atoms with E-state index >= 15 is 0 Å². The average molecular weight is 529 g/mol. The minimum Gasteiger partial charge on any atom is -0.508 e. The van der Waals surface area contributed by atoms with Crippen molar-refractivity contribution < 1.29 is 36.6 Å². The van der Waals surface area contributed by atoms with Crippen molar-refractivity contribution in [2.45, 2.75) is 41.9 Å². The van der Waals surface area contributed by atoms with Crippen LogP contribution in [-0.4, -0.2) is 52.2 Å². The summed E-state index contributed by atoms with van der Waals surface area (Å²) in [6.45, 7) is 0.518. The number of unbranched alkanes of at least 4 members (excludes halogenated alkanes) is 4. The molecule has 4 amide bonds. The molecule has 0 aromatic heterocycles. The Balaban J connectivity index is 1.55. The molecule has 35 heavy (non-hydrogen) atoms. The van der Waals surface area contributed by atoms with Crippen LogP contribution in [0.25, 0.3) is 0 Å². The fraction of sp³-hybridized carbons (Fsp3) is 0.333. The minimum atomic E-state index is -4.09. The summed E-state index contributed by atoms with van der Waals surface area (Å²) >= 11 is 0. The minimum absolute atomic E-state index is 0.230. The summed E-state index contributed by atoms with van der Waals surface area (Å²) in [6.07, 6.45) is 3.50. The molecule has 0 aliphatic carbocycles. The second-order valence-corrected chi connectivity index (χ2v) is 10.9. The van der Waals surface area contributed by atoms with Crippen LogP contribution < -0.4 is 20.1 Å². The maximum absolute atomic E-state index is 12.1. The highest BCUT2D eigenvalue weighted by Gasteiger charge is 2.18. The topological polar surface area (TPSA) is 191 Å². The van der Waals surface area contributed by atoms with Crippen molar-refractivity contribution in [3.05, 3.63) is 48.5 Å². The molecule has 2 aromatic carbocycles. The molecule has 0 aliphatic heterocycles. The molecule has 0 saturated carbocycles. The van der Waals surface area contributed by atoms with Gasteiger partial charge in [-0.15, -0.1) is 0 Å². The van der Waals surface area contributed by atoms with Gasteiger partial charge in [0.15, 0.2) is 0 Å². The summed E-state index contributed by atoms with van der Waals surface area (Å²) in [4.78, 5) is 23.1. The van der Waals surface area contributed by atoms with Gasteiger partial charge >= 0.3 is 12.1 Å². The standard InChI is InChI=1S/C21H28N4O8S2/c26-16-8-6-10-18(14-16)34(30,31)24-20(28)22-12-4-2-1-3-5-13-23-21(29)25-35(32,33)19-11-7-9-17(27)15-19/h6-11,14-15,26-27H,1-5,12-13H2,(H2,22,24,28)(H2,23,25,29). The lowest BCUT2D eigenvalue weighted by Gasteiger charge is -2.09. The van der Waals surface area contributed by atoms with Crippen molar-refractivity contribution in [1.29, 1.82) is 0 Å². The first kappa shape index (κ1) is 27.7. The number of aromatic hydroxyl groups is 2. The molecule has 2 rings (SSSR count). The van der Waals surface area contributed by atoms with E-state index in [1.165, 1.54) is 36.4 Å². The summed E-state index contributed by atoms with van der Waals surface area (Å²) in [7, 11) is -8.17. The van der Waals surface area contributed by atoms with Crippen LogP contribution in [0.5, 0.6) is 11.5 Å². The Labute approximate surface area is 203 Å². The summed E-state index contributed by atoms with van der Waals surface area (Å²) < 4.78 is 52.1. The van der Waals surface area contributed by atoms with E-state index in [0.717, 1.165) is 31.4 Å². The number of carbonyl (C=O) groups excluding carboxylic acids is 2. The molecule has 14 heteroatoms. The van der Waals surface area contributed by atoms with E-state index in [1.807, 2.05) is 9.44 Å². The van der Waals surface area contributed by atoms with Gasteiger partial charge in [-0.05, 0) is 37.1 Å². The van der Waals surface area contributed by atoms with Crippen LogP contribution in [0.4, 0.5) is 9.59 Å². The van der Waals surface area contributed by atoms with E-state index in [9.17, 15) is 36.6 Å². The molecule has 12 nitrogen and oxygen atoms in total. The zero-order chi connectivity index (χ0) is 25.9. The van der Waals surface area contributed by atoms with E-state index in [0.29, 0.717) is 12.8 Å². The SMILES string of the molecule is O=C(NCCCCCCCNC(=O)NS(=O)(=O)c1cccc(O)c1)NS(=O)(=O)c1cccc(O)c1. The van der Waals surface area contributed by atoms with E-state index in [2.05, 4.69) is 10.6 Å². The molecular formula is C21H28N4O8S2. The van der Waals surface area contributed by atoms with Gasteiger partial charge in [-0.1, -0.05) is 31.4 Å². The summed E-state index contributed by atoms with van der Waals surface area (Å²) in [6, 6.07) is 8.15. The number of hydrogen-bond donors (Lipinski definition) is 6. The Morgan fingerprint density at radius 3 is 1.37 bits per heavy atom. The third-order valence-corrected chi connectivity index (χ3v) is 7.29. The molecule has 0 unspecified atom stereocenters. The third-order valence-electron chi connectivity index (χ3n) is 4.63. The number of urea groups is 2. The summed E-state index contributed by atoms with van der Waals surface area (Å²) in [5.74, 6) is -0.468. The van der Waals surface area contributed by atoms with Crippen LogP contribution in [0.2, 0.25) is 0 Å². The largest absolute Gasteiger partial charge is 0.508 e. The molecule has 2 aromatic rings. The predicted molar refractivity (Wildman–Crippen MR) is 127 cm³/mol. The molecule has 0 radical (unpaired) electrons. The van der Waals surface area contributed by atoms with Crippen LogP contribution in [-0.2, 0) is 20.0 Å². The van der Waals surface area contributed by atoms with E-state index < -0.39 is 32.1 Å². The zero-order valence-electron chi connectivity index (χ0n) is 18.7. The number of carbonyl (C=O) groups is 2. The number of phenols is 2. The predicted octanol–water partition coefficient (Wildman–Crippen LogP) is 1.72. The van der Waals surface area contributed by atoms with Crippen molar-refractivity contribution in [1.82, 2.24) is 20.1 Å². The first-order valence-corrected chi connectivity index (χ1v) is 13.7. The quantitative estimate of drug-likeness (QED) is 0.224. The first-order chi connectivity index (χ1) is 16.5. The number of benzene rings is 2. The third kappa shape index (κ3) is 9.70. The van der Waals surface area contributed by atoms with Crippen molar-refractivity contribution in [3.63, 3.8) is 0 Å². The van der Waals surface area contributed by atoms with Gasteiger partial charge < -0.3 is 20.8 Å². The summed E-state index contributed by atoms with van der Waals surface area (Å²) in [5, 5.41) is 23.6. The lowest BCUT2D eigenvalue weighted by molar-refractivity contribution is 0.245. The van der Waals surface area contributed by atoms with Gasteiger partial charge in [0.25, 0.3) is 20.0 Å². The lowest BCUT2D eigenvalue weighted by atomic mass is 10.1.